The minimum absolute atomic E-state index is 0.119. The van der Waals surface area contributed by atoms with Gasteiger partial charge in [-0.1, -0.05) is 0 Å². The molecular formula is C13H20N8O. The molecule has 1 fully saturated rings. The molecule has 2 amide bonds. The zero-order valence-corrected chi connectivity index (χ0v) is 12.9. The van der Waals surface area contributed by atoms with E-state index in [0.717, 1.165) is 32.0 Å². The fourth-order valence-corrected chi connectivity index (χ4v) is 2.63. The molecule has 0 radical (unpaired) electrons. The van der Waals surface area contributed by atoms with E-state index in [9.17, 15) is 4.79 Å². The van der Waals surface area contributed by atoms with Gasteiger partial charge in [-0.3, -0.25) is 0 Å². The largest absolute Gasteiger partial charge is 0.352 e. The van der Waals surface area contributed by atoms with Crippen LogP contribution in [0.25, 0.3) is 5.65 Å². The van der Waals surface area contributed by atoms with Crippen LogP contribution in [-0.4, -0.2) is 80.4 Å². The summed E-state index contributed by atoms with van der Waals surface area (Å²) in [5.74, 6) is 0.828. The summed E-state index contributed by atoms with van der Waals surface area (Å²) in [6.07, 6.45) is 0. The SMILES string of the molecule is CCN(CC)C(=O)N1CCN(c2ccc3nnnn3n2)CC1. The number of piperazine rings is 1. The van der Waals surface area contributed by atoms with Gasteiger partial charge in [-0.2, -0.15) is 0 Å². The number of amides is 2. The highest BCUT2D eigenvalue weighted by molar-refractivity contribution is 5.74. The maximum Gasteiger partial charge on any atom is 0.320 e. The van der Waals surface area contributed by atoms with Gasteiger partial charge in [-0.25, -0.2) is 4.79 Å². The summed E-state index contributed by atoms with van der Waals surface area (Å²) in [6, 6.07) is 3.87. The van der Waals surface area contributed by atoms with Crippen molar-refractivity contribution in [2.45, 2.75) is 13.8 Å². The van der Waals surface area contributed by atoms with Crippen LogP contribution in [0, 0.1) is 0 Å². The fourth-order valence-electron chi connectivity index (χ4n) is 2.63. The number of nitrogens with zero attached hydrogens (tertiary/aromatic N) is 8. The number of tetrazole rings is 1. The summed E-state index contributed by atoms with van der Waals surface area (Å²) < 4.78 is 1.42. The Hall–Kier alpha value is -2.45. The van der Waals surface area contributed by atoms with Gasteiger partial charge in [0.25, 0.3) is 0 Å². The second kappa shape index (κ2) is 6.12. The Kier molecular flexibility index (Phi) is 4.03. The van der Waals surface area contributed by atoms with E-state index in [4.69, 9.17) is 0 Å². The molecule has 0 saturated carbocycles. The van der Waals surface area contributed by atoms with E-state index in [2.05, 4.69) is 25.5 Å². The second-order valence-electron chi connectivity index (χ2n) is 5.15. The van der Waals surface area contributed by atoms with Crippen LogP contribution in [0.15, 0.2) is 12.1 Å². The topological polar surface area (TPSA) is 82.8 Å². The van der Waals surface area contributed by atoms with Gasteiger partial charge in [-0.15, -0.1) is 14.8 Å². The Morgan fingerprint density at radius 3 is 2.59 bits per heavy atom. The highest BCUT2D eigenvalue weighted by atomic mass is 16.2. The fraction of sp³-hybridized carbons (Fsp3) is 0.615. The van der Waals surface area contributed by atoms with Gasteiger partial charge in [0.05, 0.1) is 0 Å². The third-order valence-corrected chi connectivity index (χ3v) is 3.96. The summed E-state index contributed by atoms with van der Waals surface area (Å²) >= 11 is 0. The van der Waals surface area contributed by atoms with Crippen molar-refractivity contribution in [1.29, 1.82) is 0 Å². The third-order valence-electron chi connectivity index (χ3n) is 3.96. The molecule has 1 saturated heterocycles. The molecule has 0 N–H and O–H groups in total. The van der Waals surface area contributed by atoms with Crippen molar-refractivity contribution >= 4 is 17.5 Å². The summed E-state index contributed by atoms with van der Waals surface area (Å²) in [4.78, 5) is 18.2. The smallest absolute Gasteiger partial charge is 0.320 e. The minimum Gasteiger partial charge on any atom is -0.352 e. The molecule has 118 valence electrons. The lowest BCUT2D eigenvalue weighted by molar-refractivity contribution is 0.154. The summed E-state index contributed by atoms with van der Waals surface area (Å²) in [5.41, 5.74) is 0.624. The number of fused-ring (bicyclic) bond motifs is 1. The molecule has 9 heteroatoms. The molecule has 2 aromatic rings. The standard InChI is InChI=1S/C13H20N8O/c1-3-18(4-2)13(22)20-9-7-19(8-10-20)12-6-5-11-14-16-17-21(11)15-12/h5-6H,3-4,7-10H2,1-2H3. The first kappa shape index (κ1) is 14.5. The molecule has 22 heavy (non-hydrogen) atoms. The van der Waals surface area contributed by atoms with Gasteiger partial charge < -0.3 is 14.7 Å². The molecule has 0 unspecified atom stereocenters. The minimum atomic E-state index is 0.119. The van der Waals surface area contributed by atoms with Crippen LogP contribution in [-0.2, 0) is 0 Å². The van der Waals surface area contributed by atoms with E-state index in [0.29, 0.717) is 18.7 Å². The van der Waals surface area contributed by atoms with Crippen molar-refractivity contribution in [1.82, 2.24) is 35.1 Å². The van der Waals surface area contributed by atoms with Gasteiger partial charge in [0.2, 0.25) is 0 Å². The Morgan fingerprint density at radius 1 is 1.18 bits per heavy atom. The molecule has 3 heterocycles. The molecule has 0 atom stereocenters. The number of hydrogen-bond acceptors (Lipinski definition) is 6. The van der Waals surface area contributed by atoms with Crippen LogP contribution in [0.3, 0.4) is 0 Å². The number of carbonyl (C=O) groups excluding carboxylic acids is 1. The van der Waals surface area contributed by atoms with E-state index < -0.39 is 0 Å². The van der Waals surface area contributed by atoms with Crippen molar-refractivity contribution in [3.05, 3.63) is 12.1 Å². The first-order valence-electron chi connectivity index (χ1n) is 7.57. The van der Waals surface area contributed by atoms with Gasteiger partial charge in [0.1, 0.15) is 0 Å². The van der Waals surface area contributed by atoms with Crippen LogP contribution in [0.1, 0.15) is 13.8 Å². The molecule has 2 aromatic heterocycles. The number of hydrogen-bond donors (Lipinski definition) is 0. The van der Waals surface area contributed by atoms with E-state index in [1.807, 2.05) is 35.8 Å². The third kappa shape index (κ3) is 2.66. The monoisotopic (exact) mass is 304 g/mol. The Morgan fingerprint density at radius 2 is 1.91 bits per heavy atom. The molecule has 1 aliphatic rings. The average Bonchev–Trinajstić information content (AvgIpc) is 3.03. The van der Waals surface area contributed by atoms with Crippen LogP contribution in [0.2, 0.25) is 0 Å². The zero-order chi connectivity index (χ0) is 15.5. The van der Waals surface area contributed by atoms with Crippen molar-refractivity contribution in [2.75, 3.05) is 44.2 Å². The number of rotatable bonds is 3. The van der Waals surface area contributed by atoms with E-state index >= 15 is 0 Å². The van der Waals surface area contributed by atoms with Crippen LogP contribution < -0.4 is 4.90 Å². The highest BCUT2D eigenvalue weighted by Gasteiger charge is 2.24. The van der Waals surface area contributed by atoms with Crippen molar-refractivity contribution in [3.8, 4) is 0 Å². The van der Waals surface area contributed by atoms with Crippen molar-refractivity contribution < 1.29 is 4.79 Å². The maximum atomic E-state index is 12.3. The summed E-state index contributed by atoms with van der Waals surface area (Å²) in [6.45, 7) is 8.41. The average molecular weight is 304 g/mol. The maximum absolute atomic E-state index is 12.3. The Bertz CT molecular complexity index is 644. The van der Waals surface area contributed by atoms with Crippen molar-refractivity contribution in [2.24, 2.45) is 0 Å². The molecule has 0 aliphatic carbocycles. The van der Waals surface area contributed by atoms with Crippen LogP contribution in [0.4, 0.5) is 10.6 Å². The zero-order valence-electron chi connectivity index (χ0n) is 12.9. The van der Waals surface area contributed by atoms with Gasteiger partial charge in [0.15, 0.2) is 11.5 Å². The Labute approximate surface area is 128 Å². The lowest BCUT2D eigenvalue weighted by Crippen LogP contribution is -2.53. The molecule has 0 aromatic carbocycles. The number of carbonyl (C=O) groups is 1. The van der Waals surface area contributed by atoms with Crippen LogP contribution in [0.5, 0.6) is 0 Å². The molecule has 3 rings (SSSR count). The van der Waals surface area contributed by atoms with E-state index in [-0.39, 0.29) is 6.03 Å². The Balaban J connectivity index is 1.65. The highest BCUT2D eigenvalue weighted by Crippen LogP contribution is 2.14. The van der Waals surface area contributed by atoms with Crippen molar-refractivity contribution in [3.63, 3.8) is 0 Å². The summed E-state index contributed by atoms with van der Waals surface area (Å²) in [7, 11) is 0. The van der Waals surface area contributed by atoms with Gasteiger partial charge in [0, 0.05) is 39.3 Å². The summed E-state index contributed by atoms with van der Waals surface area (Å²) in [5, 5.41) is 15.6. The number of urea groups is 1. The van der Waals surface area contributed by atoms with E-state index in [1.165, 1.54) is 4.63 Å². The second-order valence-corrected chi connectivity index (χ2v) is 5.15. The normalized spacial score (nSPS) is 15.4. The van der Waals surface area contributed by atoms with Gasteiger partial charge in [-0.05, 0) is 36.4 Å². The lowest BCUT2D eigenvalue weighted by Gasteiger charge is -2.37. The molecular weight excluding hydrogens is 284 g/mol. The van der Waals surface area contributed by atoms with Gasteiger partial charge >= 0.3 is 6.03 Å². The number of aromatic nitrogens is 5. The molecule has 1 aliphatic heterocycles. The quantitative estimate of drug-likeness (QED) is 0.800. The molecule has 9 nitrogen and oxygen atoms in total. The number of anilines is 1. The predicted octanol–water partition coefficient (Wildman–Crippen LogP) is 0.103. The van der Waals surface area contributed by atoms with Crippen LogP contribution >= 0.6 is 0 Å². The molecule has 0 bridgehead atoms. The molecule has 0 spiro atoms. The first-order valence-corrected chi connectivity index (χ1v) is 7.57. The van der Waals surface area contributed by atoms with E-state index in [1.54, 1.807) is 0 Å². The first-order chi connectivity index (χ1) is 10.7. The lowest BCUT2D eigenvalue weighted by atomic mass is 10.3. The predicted molar refractivity (Wildman–Crippen MR) is 80.7 cm³/mol.